The molecule has 0 saturated heterocycles. The number of carboxylic acids is 1. The number of nitrogens with one attached hydrogen (secondary N) is 1. The van der Waals surface area contributed by atoms with Crippen LogP contribution in [0.3, 0.4) is 0 Å². The molecule has 1 aromatic carbocycles. The van der Waals surface area contributed by atoms with Gasteiger partial charge in [0.1, 0.15) is 11.4 Å². The number of carbonyl (C=O) groups excluding carboxylic acids is 1. The van der Waals surface area contributed by atoms with Crippen molar-refractivity contribution < 1.29 is 23.8 Å². The maximum atomic E-state index is 13.2. The van der Waals surface area contributed by atoms with Crippen molar-refractivity contribution in [3.8, 4) is 0 Å². The Hall–Kier alpha value is -1.63. The van der Waals surface area contributed by atoms with Gasteiger partial charge in [-0.25, -0.2) is 9.18 Å². The van der Waals surface area contributed by atoms with Crippen LogP contribution in [-0.4, -0.2) is 22.8 Å². The maximum Gasteiger partial charge on any atom is 0.408 e. The van der Waals surface area contributed by atoms with Crippen molar-refractivity contribution in [2.45, 2.75) is 38.8 Å². The van der Waals surface area contributed by atoms with Crippen molar-refractivity contribution in [3.63, 3.8) is 0 Å². The summed E-state index contributed by atoms with van der Waals surface area (Å²) >= 11 is 3.03. The van der Waals surface area contributed by atoms with E-state index < -0.39 is 29.5 Å². The van der Waals surface area contributed by atoms with Crippen molar-refractivity contribution >= 4 is 28.0 Å². The van der Waals surface area contributed by atoms with Crippen molar-refractivity contribution in [3.05, 3.63) is 34.1 Å². The summed E-state index contributed by atoms with van der Waals surface area (Å²) < 4.78 is 18.5. The Kier molecular flexibility index (Phi) is 5.71. The van der Waals surface area contributed by atoms with E-state index in [0.29, 0.717) is 5.56 Å². The summed E-state index contributed by atoms with van der Waals surface area (Å²) in [6.45, 7) is 5.10. The maximum absolute atomic E-state index is 13.2. The van der Waals surface area contributed by atoms with Gasteiger partial charge in [-0.05, 0) is 54.4 Å². The Labute approximate surface area is 130 Å². The van der Waals surface area contributed by atoms with E-state index in [0.717, 1.165) is 0 Å². The second kappa shape index (κ2) is 6.89. The predicted octanol–water partition coefficient (Wildman–Crippen LogP) is 3.63. The number of alkyl carbamates (subject to hydrolysis) is 1. The molecule has 0 aliphatic rings. The van der Waals surface area contributed by atoms with E-state index in [1.807, 2.05) is 0 Å². The van der Waals surface area contributed by atoms with Gasteiger partial charge in [0, 0.05) is 0 Å². The lowest BCUT2D eigenvalue weighted by Gasteiger charge is -2.23. The number of hydrogen-bond acceptors (Lipinski definition) is 3. The summed E-state index contributed by atoms with van der Waals surface area (Å²) in [7, 11) is 0. The lowest BCUT2D eigenvalue weighted by atomic mass is 10.0. The van der Waals surface area contributed by atoms with Gasteiger partial charge >= 0.3 is 12.1 Å². The lowest BCUT2D eigenvalue weighted by molar-refractivity contribution is -0.137. The number of amides is 1. The van der Waals surface area contributed by atoms with Gasteiger partial charge in [-0.2, -0.15) is 0 Å². The molecule has 0 aromatic heterocycles. The number of ether oxygens (including phenoxy) is 1. The highest BCUT2D eigenvalue weighted by atomic mass is 79.9. The predicted molar refractivity (Wildman–Crippen MR) is 78.5 cm³/mol. The van der Waals surface area contributed by atoms with Gasteiger partial charge in [-0.3, -0.25) is 4.79 Å². The van der Waals surface area contributed by atoms with Crippen LogP contribution in [-0.2, 0) is 9.53 Å². The quantitative estimate of drug-likeness (QED) is 0.858. The number of halogens is 2. The van der Waals surface area contributed by atoms with Crippen LogP contribution in [0.4, 0.5) is 9.18 Å². The van der Waals surface area contributed by atoms with Gasteiger partial charge in [-0.1, -0.05) is 6.07 Å². The van der Waals surface area contributed by atoms with Crippen LogP contribution in [0.25, 0.3) is 0 Å². The van der Waals surface area contributed by atoms with E-state index in [2.05, 4.69) is 21.2 Å². The zero-order chi connectivity index (χ0) is 16.2. The summed E-state index contributed by atoms with van der Waals surface area (Å²) in [5, 5.41) is 11.4. The molecule has 0 aliphatic carbocycles. The topological polar surface area (TPSA) is 75.6 Å². The smallest absolute Gasteiger partial charge is 0.408 e. The zero-order valence-electron chi connectivity index (χ0n) is 11.9. The van der Waals surface area contributed by atoms with Gasteiger partial charge in [0.05, 0.1) is 16.9 Å². The number of benzene rings is 1. The van der Waals surface area contributed by atoms with Crippen molar-refractivity contribution in [1.82, 2.24) is 5.32 Å². The monoisotopic (exact) mass is 361 g/mol. The highest BCUT2D eigenvalue weighted by Crippen LogP contribution is 2.24. The number of rotatable bonds is 4. The molecule has 1 amide bonds. The third-order valence-electron chi connectivity index (χ3n) is 2.42. The summed E-state index contributed by atoms with van der Waals surface area (Å²) in [5.41, 5.74) is -0.224. The zero-order valence-corrected chi connectivity index (χ0v) is 13.5. The Balaban J connectivity index is 2.92. The van der Waals surface area contributed by atoms with Gasteiger partial charge in [0.2, 0.25) is 0 Å². The Bertz CT molecular complexity index is 542. The van der Waals surface area contributed by atoms with E-state index in [1.54, 1.807) is 20.8 Å². The third-order valence-corrected chi connectivity index (χ3v) is 3.02. The molecular weight excluding hydrogens is 345 g/mol. The molecule has 0 unspecified atom stereocenters. The van der Waals surface area contributed by atoms with E-state index in [9.17, 15) is 14.0 Å². The normalized spacial score (nSPS) is 12.6. The van der Waals surface area contributed by atoms with Crippen molar-refractivity contribution in [2.24, 2.45) is 0 Å². The first-order valence-corrected chi connectivity index (χ1v) is 7.04. The van der Waals surface area contributed by atoms with E-state index in [4.69, 9.17) is 9.84 Å². The molecule has 21 heavy (non-hydrogen) atoms. The van der Waals surface area contributed by atoms with Crippen LogP contribution in [0.15, 0.2) is 22.7 Å². The summed E-state index contributed by atoms with van der Waals surface area (Å²) in [6.07, 6.45) is -1.06. The molecule has 2 N–H and O–H groups in total. The second-order valence-corrected chi connectivity index (χ2v) is 6.32. The number of hydrogen-bond donors (Lipinski definition) is 2. The number of carbonyl (C=O) groups is 2. The molecule has 0 fully saturated rings. The summed E-state index contributed by atoms with van der Waals surface area (Å²) in [4.78, 5) is 22.7. The molecule has 7 heteroatoms. The highest BCUT2D eigenvalue weighted by molar-refractivity contribution is 9.10. The highest BCUT2D eigenvalue weighted by Gasteiger charge is 2.23. The fourth-order valence-corrected chi connectivity index (χ4v) is 2.00. The average molecular weight is 362 g/mol. The van der Waals surface area contributed by atoms with Gasteiger partial charge in [0.15, 0.2) is 0 Å². The fourth-order valence-electron chi connectivity index (χ4n) is 1.61. The second-order valence-electron chi connectivity index (χ2n) is 5.47. The van der Waals surface area contributed by atoms with Crippen LogP contribution in [0.1, 0.15) is 38.8 Å². The van der Waals surface area contributed by atoms with Crippen molar-refractivity contribution in [2.75, 3.05) is 0 Å². The first-order valence-electron chi connectivity index (χ1n) is 6.25. The largest absolute Gasteiger partial charge is 0.481 e. The molecule has 5 nitrogen and oxygen atoms in total. The van der Waals surface area contributed by atoms with Crippen LogP contribution >= 0.6 is 15.9 Å². The molecular formula is C14H17BrFNO4. The summed E-state index contributed by atoms with van der Waals surface area (Å²) in [6, 6.07) is 3.24. The minimum Gasteiger partial charge on any atom is -0.481 e. The van der Waals surface area contributed by atoms with E-state index >= 15 is 0 Å². The SMILES string of the molecule is CC(C)(C)OC(=O)N[C@H](CC(=O)O)c1ccc(F)c(Br)c1. The van der Waals surface area contributed by atoms with Crippen LogP contribution < -0.4 is 5.32 Å². The van der Waals surface area contributed by atoms with Gasteiger partial charge < -0.3 is 15.2 Å². The standard InChI is InChI=1S/C14H17BrFNO4/c1-14(2,3)21-13(20)17-11(7-12(18)19)8-4-5-10(16)9(15)6-8/h4-6,11H,7H2,1-3H3,(H,17,20)(H,18,19)/t11-/m1/s1. The van der Waals surface area contributed by atoms with Crippen LogP contribution in [0.5, 0.6) is 0 Å². The fraction of sp³-hybridized carbons (Fsp3) is 0.429. The molecule has 0 bridgehead atoms. The molecule has 0 radical (unpaired) electrons. The average Bonchev–Trinajstić information content (AvgIpc) is 2.28. The van der Waals surface area contributed by atoms with Crippen LogP contribution in [0, 0.1) is 5.82 Å². The first kappa shape index (κ1) is 17.4. The Morgan fingerprint density at radius 1 is 1.43 bits per heavy atom. The third kappa shape index (κ3) is 6.12. The molecule has 0 heterocycles. The molecule has 0 aliphatic heterocycles. The lowest BCUT2D eigenvalue weighted by Crippen LogP contribution is -2.35. The van der Waals surface area contributed by atoms with E-state index in [1.165, 1.54) is 18.2 Å². The number of carboxylic acid groups (broad SMARTS) is 1. The van der Waals surface area contributed by atoms with Gasteiger partial charge in [0.25, 0.3) is 0 Å². The van der Waals surface area contributed by atoms with E-state index in [-0.39, 0.29) is 10.9 Å². The molecule has 1 rings (SSSR count). The Morgan fingerprint density at radius 3 is 2.52 bits per heavy atom. The number of aliphatic carboxylic acids is 1. The summed E-state index contributed by atoms with van der Waals surface area (Å²) in [5.74, 6) is -1.55. The first-order chi connectivity index (χ1) is 9.58. The van der Waals surface area contributed by atoms with Gasteiger partial charge in [-0.15, -0.1) is 0 Å². The molecule has 116 valence electrons. The molecule has 1 atom stereocenters. The minimum atomic E-state index is -1.09. The Morgan fingerprint density at radius 2 is 2.05 bits per heavy atom. The molecule has 0 spiro atoms. The van der Waals surface area contributed by atoms with Crippen molar-refractivity contribution in [1.29, 1.82) is 0 Å². The minimum absolute atomic E-state index is 0.196. The molecule has 0 saturated carbocycles. The van der Waals surface area contributed by atoms with Crippen LogP contribution in [0.2, 0.25) is 0 Å². The molecule has 1 aromatic rings.